The van der Waals surface area contributed by atoms with Gasteiger partial charge in [0.15, 0.2) is 0 Å². The molecule has 0 amide bonds. The third kappa shape index (κ3) is 5.15. The minimum Gasteiger partial charge on any atom is -0.391 e. The number of benzene rings is 1. The molecule has 4 nitrogen and oxygen atoms in total. The van der Waals surface area contributed by atoms with Crippen molar-refractivity contribution in [3.05, 3.63) is 35.4 Å². The van der Waals surface area contributed by atoms with E-state index in [2.05, 4.69) is 4.72 Å². The minimum atomic E-state index is -3.80. The van der Waals surface area contributed by atoms with E-state index in [1.165, 1.54) is 0 Å². The van der Waals surface area contributed by atoms with Crippen LogP contribution in [0.1, 0.15) is 26.3 Å². The molecule has 0 aliphatic heterocycles. The number of nitrogens with one attached hydrogen (secondary N) is 1. The van der Waals surface area contributed by atoms with E-state index >= 15 is 0 Å². The van der Waals surface area contributed by atoms with E-state index in [-0.39, 0.29) is 12.1 Å². The Kier molecular flexibility index (Phi) is 5.23. The van der Waals surface area contributed by atoms with Gasteiger partial charge in [-0.2, -0.15) is 0 Å². The number of rotatable bonds is 5. The standard InChI is InChI=1S/C13H19F2NO3S/c1-13(2,3)12(17)7-16-20(18,19)8-9-4-5-10(14)6-11(9)15/h4-6,12,16-17H,7-8H2,1-3H3. The Morgan fingerprint density at radius 2 is 1.90 bits per heavy atom. The smallest absolute Gasteiger partial charge is 0.215 e. The monoisotopic (exact) mass is 307 g/mol. The molecule has 0 aliphatic rings. The molecule has 0 radical (unpaired) electrons. The lowest BCUT2D eigenvalue weighted by atomic mass is 9.89. The van der Waals surface area contributed by atoms with E-state index in [4.69, 9.17) is 0 Å². The van der Waals surface area contributed by atoms with Crippen LogP contribution in [-0.2, 0) is 15.8 Å². The molecule has 0 heterocycles. The molecule has 0 saturated carbocycles. The predicted octanol–water partition coefficient (Wildman–Crippen LogP) is 1.79. The predicted molar refractivity (Wildman–Crippen MR) is 72.4 cm³/mol. The Bertz CT molecular complexity index is 567. The SMILES string of the molecule is CC(C)(C)C(O)CNS(=O)(=O)Cc1ccc(F)cc1F. The second kappa shape index (κ2) is 6.15. The lowest BCUT2D eigenvalue weighted by Gasteiger charge is -2.25. The lowest BCUT2D eigenvalue weighted by molar-refractivity contribution is 0.0677. The van der Waals surface area contributed by atoms with Gasteiger partial charge in [-0.25, -0.2) is 21.9 Å². The maximum Gasteiger partial charge on any atom is 0.215 e. The summed E-state index contributed by atoms with van der Waals surface area (Å²) in [6.45, 7) is 5.15. The highest BCUT2D eigenvalue weighted by molar-refractivity contribution is 7.88. The second-order valence-electron chi connectivity index (χ2n) is 5.73. The van der Waals surface area contributed by atoms with Crippen LogP contribution in [0.25, 0.3) is 0 Å². The number of hydrogen-bond acceptors (Lipinski definition) is 3. The van der Waals surface area contributed by atoms with Gasteiger partial charge < -0.3 is 5.11 Å². The summed E-state index contributed by atoms with van der Waals surface area (Å²) in [5.41, 5.74) is -0.590. The second-order valence-corrected chi connectivity index (χ2v) is 7.53. The van der Waals surface area contributed by atoms with Crippen LogP contribution in [0.5, 0.6) is 0 Å². The van der Waals surface area contributed by atoms with Gasteiger partial charge in [-0.05, 0) is 11.5 Å². The Labute approximate surface area is 117 Å². The first-order valence-corrected chi connectivity index (χ1v) is 7.76. The minimum absolute atomic E-state index is 0.121. The van der Waals surface area contributed by atoms with Gasteiger partial charge >= 0.3 is 0 Å². The van der Waals surface area contributed by atoms with Gasteiger partial charge in [-0.15, -0.1) is 0 Å². The van der Waals surface area contributed by atoms with Gasteiger partial charge in [0.2, 0.25) is 10.0 Å². The zero-order valence-corrected chi connectivity index (χ0v) is 12.5. The summed E-state index contributed by atoms with van der Waals surface area (Å²) in [4.78, 5) is 0. The summed E-state index contributed by atoms with van der Waals surface area (Å²) in [7, 11) is -3.80. The van der Waals surface area contributed by atoms with Crippen LogP contribution < -0.4 is 4.72 Å². The average molecular weight is 307 g/mol. The highest BCUT2D eigenvalue weighted by Gasteiger charge is 2.24. The van der Waals surface area contributed by atoms with Crippen molar-refractivity contribution in [2.24, 2.45) is 5.41 Å². The largest absolute Gasteiger partial charge is 0.391 e. The lowest BCUT2D eigenvalue weighted by Crippen LogP contribution is -2.39. The van der Waals surface area contributed by atoms with Gasteiger partial charge in [-0.3, -0.25) is 0 Å². The molecule has 1 rings (SSSR count). The van der Waals surface area contributed by atoms with Crippen molar-refractivity contribution in [1.82, 2.24) is 4.72 Å². The Morgan fingerprint density at radius 1 is 1.30 bits per heavy atom. The van der Waals surface area contributed by atoms with Crippen molar-refractivity contribution in [3.63, 3.8) is 0 Å². The summed E-state index contributed by atoms with van der Waals surface area (Å²) in [5, 5.41) is 9.76. The van der Waals surface area contributed by atoms with Gasteiger partial charge in [0.05, 0.1) is 11.9 Å². The van der Waals surface area contributed by atoms with Crippen molar-refractivity contribution >= 4 is 10.0 Å². The molecule has 2 N–H and O–H groups in total. The normalized spacial score (nSPS) is 14.3. The van der Waals surface area contributed by atoms with E-state index < -0.39 is 38.9 Å². The Morgan fingerprint density at radius 3 is 2.40 bits per heavy atom. The van der Waals surface area contributed by atoms with Gasteiger partial charge in [0.1, 0.15) is 11.6 Å². The number of aliphatic hydroxyl groups is 1. The summed E-state index contributed by atoms with van der Waals surface area (Å²) >= 11 is 0. The molecule has 7 heteroatoms. The molecule has 0 saturated heterocycles. The third-order valence-electron chi connectivity index (χ3n) is 2.86. The fourth-order valence-electron chi connectivity index (χ4n) is 1.41. The molecule has 0 aromatic heterocycles. The molecule has 1 unspecified atom stereocenters. The molecule has 114 valence electrons. The zero-order valence-electron chi connectivity index (χ0n) is 11.7. The summed E-state index contributed by atoms with van der Waals surface area (Å²) in [6.07, 6.45) is -0.865. The maximum absolute atomic E-state index is 13.4. The topological polar surface area (TPSA) is 66.4 Å². The van der Waals surface area contributed by atoms with Crippen LogP contribution in [0.4, 0.5) is 8.78 Å². The van der Waals surface area contributed by atoms with Crippen molar-refractivity contribution in [1.29, 1.82) is 0 Å². The molecule has 0 aliphatic carbocycles. The van der Waals surface area contributed by atoms with Crippen LogP contribution in [-0.4, -0.2) is 26.2 Å². The van der Waals surface area contributed by atoms with Gasteiger partial charge in [-0.1, -0.05) is 26.8 Å². The first-order chi connectivity index (χ1) is 9.01. The maximum atomic E-state index is 13.4. The summed E-state index contributed by atoms with van der Waals surface area (Å²) < 4.78 is 51.9. The summed E-state index contributed by atoms with van der Waals surface area (Å²) in [6, 6.07) is 2.72. The molecular formula is C13H19F2NO3S. The molecule has 0 fully saturated rings. The van der Waals surface area contributed by atoms with Crippen LogP contribution >= 0.6 is 0 Å². The number of hydrogen-bond donors (Lipinski definition) is 2. The third-order valence-corrected chi connectivity index (χ3v) is 4.15. The van der Waals surface area contributed by atoms with E-state index in [1.807, 2.05) is 0 Å². The fourth-order valence-corrected chi connectivity index (χ4v) is 2.56. The van der Waals surface area contributed by atoms with E-state index in [9.17, 15) is 22.3 Å². The molecule has 0 spiro atoms. The van der Waals surface area contributed by atoms with E-state index in [1.54, 1.807) is 20.8 Å². The Hall–Kier alpha value is -1.05. The molecule has 20 heavy (non-hydrogen) atoms. The van der Waals surface area contributed by atoms with Gasteiger partial charge in [0, 0.05) is 18.2 Å². The molecular weight excluding hydrogens is 288 g/mol. The molecule has 1 atom stereocenters. The highest BCUT2D eigenvalue weighted by atomic mass is 32.2. The molecule has 0 bridgehead atoms. The fraction of sp³-hybridized carbons (Fsp3) is 0.538. The first kappa shape index (κ1) is 17.0. The summed E-state index contributed by atoms with van der Waals surface area (Å²) in [5.74, 6) is -2.28. The van der Waals surface area contributed by atoms with Crippen molar-refractivity contribution in [3.8, 4) is 0 Å². The van der Waals surface area contributed by atoms with Crippen LogP contribution in [0.15, 0.2) is 18.2 Å². The van der Waals surface area contributed by atoms with Crippen LogP contribution in [0, 0.1) is 17.0 Å². The van der Waals surface area contributed by atoms with Gasteiger partial charge in [0.25, 0.3) is 0 Å². The average Bonchev–Trinajstić information content (AvgIpc) is 2.28. The zero-order chi connectivity index (χ0) is 15.6. The van der Waals surface area contributed by atoms with E-state index in [0.717, 1.165) is 12.1 Å². The van der Waals surface area contributed by atoms with Crippen molar-refractivity contribution in [2.75, 3.05) is 6.54 Å². The van der Waals surface area contributed by atoms with E-state index in [0.29, 0.717) is 6.07 Å². The van der Waals surface area contributed by atoms with Crippen molar-refractivity contribution < 1.29 is 22.3 Å². The van der Waals surface area contributed by atoms with Crippen LogP contribution in [0.2, 0.25) is 0 Å². The van der Waals surface area contributed by atoms with Crippen molar-refractivity contribution in [2.45, 2.75) is 32.6 Å². The number of halogens is 2. The van der Waals surface area contributed by atoms with Crippen LogP contribution in [0.3, 0.4) is 0 Å². The first-order valence-electron chi connectivity index (χ1n) is 6.10. The Balaban J connectivity index is 2.71. The quantitative estimate of drug-likeness (QED) is 0.871. The molecule has 1 aromatic carbocycles. The molecule has 1 aromatic rings. The number of sulfonamides is 1. The number of aliphatic hydroxyl groups excluding tert-OH is 1. The highest BCUT2D eigenvalue weighted by Crippen LogP contribution is 2.19.